The van der Waals surface area contributed by atoms with Crippen molar-refractivity contribution in [2.75, 3.05) is 27.3 Å². The molecule has 2 aromatic heterocycles. The number of aryl methyl sites for hydroxylation is 1. The third kappa shape index (κ3) is 6.02. The van der Waals surface area contributed by atoms with E-state index in [0.717, 1.165) is 46.5 Å². The molecule has 6 rings (SSSR count). The Labute approximate surface area is 267 Å². The lowest BCUT2D eigenvalue weighted by molar-refractivity contribution is -0.150. The van der Waals surface area contributed by atoms with Crippen LogP contribution in [0.5, 0.6) is 11.5 Å². The number of benzene rings is 1. The minimum atomic E-state index is -1.09. The molecule has 2 aliphatic carbocycles. The van der Waals surface area contributed by atoms with Crippen molar-refractivity contribution in [2.24, 2.45) is 17.8 Å². The van der Waals surface area contributed by atoms with Gasteiger partial charge in [-0.25, -0.2) is 14.8 Å². The average molecular weight is 633 g/mol. The van der Waals surface area contributed by atoms with Crippen LogP contribution in [0.4, 0.5) is 0 Å². The molecule has 1 N–H and O–H groups in total. The smallest absolute Gasteiger partial charge is 0.332 e. The van der Waals surface area contributed by atoms with Crippen LogP contribution in [0, 0.1) is 24.7 Å². The van der Waals surface area contributed by atoms with E-state index in [1.165, 1.54) is 11.3 Å². The SMILES string of the molecule is CCOC(=O)[C@@]12C[C@H]1C=CCCCCN(C)C(=O)[C@@H]1C[C@H](Oc3cc(-c4nccs4)nc4c(C)c(OC)ccc34)C[C@H]1C(=O)N2. The van der Waals surface area contributed by atoms with Crippen LogP contribution in [0.15, 0.2) is 41.9 Å². The summed E-state index contributed by atoms with van der Waals surface area (Å²) >= 11 is 1.49. The van der Waals surface area contributed by atoms with Crippen LogP contribution in [0.1, 0.15) is 51.0 Å². The Morgan fingerprint density at radius 2 is 2.00 bits per heavy atom. The van der Waals surface area contributed by atoms with Gasteiger partial charge in [-0.2, -0.15) is 0 Å². The van der Waals surface area contributed by atoms with E-state index in [1.54, 1.807) is 32.2 Å². The summed E-state index contributed by atoms with van der Waals surface area (Å²) in [6.45, 7) is 4.57. The quantitative estimate of drug-likeness (QED) is 0.295. The van der Waals surface area contributed by atoms with Crippen LogP contribution >= 0.6 is 11.3 Å². The number of thiazole rings is 1. The number of fused-ring (bicyclic) bond motifs is 3. The molecule has 2 fully saturated rings. The van der Waals surface area contributed by atoms with Gasteiger partial charge in [-0.05, 0) is 64.5 Å². The van der Waals surface area contributed by atoms with Crippen LogP contribution in [-0.4, -0.2) is 71.6 Å². The normalized spacial score (nSPS) is 26.9. The van der Waals surface area contributed by atoms with Crippen molar-refractivity contribution in [3.05, 3.63) is 47.5 Å². The van der Waals surface area contributed by atoms with Gasteiger partial charge in [-0.3, -0.25) is 9.59 Å². The molecule has 5 atom stereocenters. The fourth-order valence-electron chi connectivity index (χ4n) is 6.77. The number of amides is 2. The highest BCUT2D eigenvalue weighted by molar-refractivity contribution is 7.13. The van der Waals surface area contributed by atoms with Crippen molar-refractivity contribution in [1.82, 2.24) is 20.2 Å². The molecular weight excluding hydrogens is 592 g/mol. The van der Waals surface area contributed by atoms with Crippen molar-refractivity contribution in [3.63, 3.8) is 0 Å². The summed E-state index contributed by atoms with van der Waals surface area (Å²) < 4.78 is 17.7. The number of esters is 1. The van der Waals surface area contributed by atoms with Crippen molar-refractivity contribution in [2.45, 2.75) is 64.0 Å². The van der Waals surface area contributed by atoms with Gasteiger partial charge in [0.25, 0.3) is 0 Å². The second-order valence-electron chi connectivity index (χ2n) is 12.2. The molecule has 45 heavy (non-hydrogen) atoms. The van der Waals surface area contributed by atoms with Crippen molar-refractivity contribution < 1.29 is 28.6 Å². The highest BCUT2D eigenvalue weighted by atomic mass is 32.1. The number of aromatic nitrogens is 2. The Balaban J connectivity index is 1.33. The van der Waals surface area contributed by atoms with E-state index in [4.69, 9.17) is 19.2 Å². The van der Waals surface area contributed by atoms with Crippen LogP contribution < -0.4 is 14.8 Å². The summed E-state index contributed by atoms with van der Waals surface area (Å²) in [4.78, 5) is 52.1. The number of pyridine rings is 1. The van der Waals surface area contributed by atoms with Gasteiger partial charge < -0.3 is 24.4 Å². The molecule has 1 aromatic carbocycles. The van der Waals surface area contributed by atoms with Crippen molar-refractivity contribution >= 4 is 40.0 Å². The monoisotopic (exact) mass is 632 g/mol. The van der Waals surface area contributed by atoms with Gasteiger partial charge in [0, 0.05) is 48.1 Å². The van der Waals surface area contributed by atoms with Gasteiger partial charge in [0.2, 0.25) is 11.8 Å². The Hall–Kier alpha value is -3.99. The summed E-state index contributed by atoms with van der Waals surface area (Å²) in [5.74, 6) is -0.830. The van der Waals surface area contributed by atoms with Gasteiger partial charge >= 0.3 is 5.97 Å². The maximum atomic E-state index is 14.0. The first-order chi connectivity index (χ1) is 21.8. The van der Waals surface area contributed by atoms with Crippen molar-refractivity contribution in [3.8, 4) is 22.2 Å². The van der Waals surface area contributed by atoms with E-state index in [9.17, 15) is 14.4 Å². The first-order valence-corrected chi connectivity index (χ1v) is 16.6. The standard InChI is InChI=1S/C34H40N4O6S/c1-5-43-33(41)34-19-21(34)10-8-6-7-9-14-38(3)32(40)25-17-22(16-24(25)30(39)37-34)44-28-18-26(31-35-13-15-45-31)36-29-20(2)27(42-4)12-11-23(28)29/h8,10-13,15,18,21-22,24-25H,5-7,9,14,16-17,19H2,1-4H3,(H,37,39)/t21-,22-,24-,25-,34-/m1/s1. The minimum Gasteiger partial charge on any atom is -0.496 e. The van der Waals surface area contributed by atoms with E-state index in [0.29, 0.717) is 37.3 Å². The number of hydrogen-bond acceptors (Lipinski definition) is 9. The molecule has 3 aliphatic rings. The second kappa shape index (κ2) is 12.8. The maximum absolute atomic E-state index is 14.0. The molecule has 0 spiro atoms. The number of ether oxygens (including phenoxy) is 3. The molecule has 0 bridgehead atoms. The topological polar surface area (TPSA) is 120 Å². The zero-order valence-corrected chi connectivity index (χ0v) is 27.0. The lowest BCUT2D eigenvalue weighted by Crippen LogP contribution is -2.50. The highest BCUT2D eigenvalue weighted by Crippen LogP contribution is 2.47. The van der Waals surface area contributed by atoms with Crippen LogP contribution in [0.3, 0.4) is 0 Å². The highest BCUT2D eigenvalue weighted by Gasteiger charge is 2.62. The number of methoxy groups -OCH3 is 1. The Morgan fingerprint density at radius 3 is 2.76 bits per heavy atom. The minimum absolute atomic E-state index is 0.0741. The van der Waals surface area contributed by atoms with Crippen LogP contribution in [0.2, 0.25) is 0 Å². The summed E-state index contributed by atoms with van der Waals surface area (Å²) in [5, 5.41) is 6.53. The first-order valence-electron chi connectivity index (χ1n) is 15.7. The molecule has 0 unspecified atom stereocenters. The molecule has 0 radical (unpaired) electrons. The first kappa shape index (κ1) is 31.0. The predicted octanol–water partition coefficient (Wildman–Crippen LogP) is 5.09. The zero-order chi connectivity index (χ0) is 31.7. The summed E-state index contributed by atoms with van der Waals surface area (Å²) in [6.07, 6.45) is 9.27. The summed E-state index contributed by atoms with van der Waals surface area (Å²) in [5.41, 5.74) is 1.21. The Morgan fingerprint density at radius 1 is 1.18 bits per heavy atom. The molecular formula is C34H40N4O6S. The Bertz CT molecular complexity index is 1620. The molecule has 3 aromatic rings. The van der Waals surface area contributed by atoms with Gasteiger partial charge in [-0.15, -0.1) is 11.3 Å². The third-order valence-electron chi connectivity index (χ3n) is 9.34. The fraction of sp³-hybridized carbons (Fsp3) is 0.500. The molecule has 10 nitrogen and oxygen atoms in total. The van der Waals surface area contributed by atoms with E-state index in [1.807, 2.05) is 36.6 Å². The largest absolute Gasteiger partial charge is 0.496 e. The third-order valence-corrected chi connectivity index (χ3v) is 10.1. The average Bonchev–Trinajstić information content (AvgIpc) is 3.35. The molecule has 1 aliphatic heterocycles. The Kier molecular flexibility index (Phi) is 8.81. The summed E-state index contributed by atoms with van der Waals surface area (Å²) in [7, 11) is 3.43. The molecule has 11 heteroatoms. The van der Waals surface area contributed by atoms with Crippen LogP contribution in [-0.2, 0) is 19.1 Å². The zero-order valence-electron chi connectivity index (χ0n) is 26.2. The molecule has 2 saturated carbocycles. The van der Waals surface area contributed by atoms with Gasteiger partial charge in [-0.1, -0.05) is 12.2 Å². The maximum Gasteiger partial charge on any atom is 0.332 e. The second-order valence-corrected chi connectivity index (χ2v) is 13.1. The lowest BCUT2D eigenvalue weighted by Gasteiger charge is -2.26. The number of allylic oxidation sites excluding steroid dienone is 1. The van der Waals surface area contributed by atoms with E-state index in [2.05, 4.69) is 16.4 Å². The summed E-state index contributed by atoms with van der Waals surface area (Å²) in [6, 6.07) is 5.70. The van der Waals surface area contributed by atoms with E-state index >= 15 is 0 Å². The number of rotatable bonds is 6. The predicted molar refractivity (Wildman–Crippen MR) is 171 cm³/mol. The molecule has 238 valence electrons. The lowest BCUT2D eigenvalue weighted by atomic mass is 9.93. The molecule has 0 saturated heterocycles. The number of nitrogens with one attached hydrogen (secondary N) is 1. The number of hydrogen-bond donors (Lipinski definition) is 1. The van der Waals surface area contributed by atoms with Gasteiger partial charge in [0.15, 0.2) is 0 Å². The molecule has 3 heterocycles. The van der Waals surface area contributed by atoms with Gasteiger partial charge in [0.05, 0.1) is 31.1 Å². The fourth-order valence-corrected chi connectivity index (χ4v) is 7.37. The van der Waals surface area contributed by atoms with Crippen molar-refractivity contribution in [1.29, 1.82) is 0 Å². The van der Waals surface area contributed by atoms with Gasteiger partial charge in [0.1, 0.15) is 33.8 Å². The van der Waals surface area contributed by atoms with E-state index < -0.39 is 29.4 Å². The van der Waals surface area contributed by atoms with E-state index in [-0.39, 0.29) is 24.3 Å². The van der Waals surface area contributed by atoms with Crippen LogP contribution in [0.25, 0.3) is 21.6 Å². The number of carbonyl (C=O) groups is 3. The number of carbonyl (C=O) groups excluding carboxylic acids is 3. The number of nitrogens with zero attached hydrogens (tertiary/aromatic N) is 3. The molecule has 2 amide bonds.